The molecule has 1 amide bonds. The Hall–Kier alpha value is -1.39. The van der Waals surface area contributed by atoms with E-state index in [4.69, 9.17) is 0 Å². The minimum Gasteiger partial charge on any atom is -0.324 e. The maximum Gasteiger partial charge on any atom is 0.244 e. The van der Waals surface area contributed by atoms with Crippen LogP contribution in [0.5, 0.6) is 0 Å². The summed E-state index contributed by atoms with van der Waals surface area (Å²) in [7, 11) is 0. The average molecular weight is 287 g/mol. The van der Waals surface area contributed by atoms with Crippen molar-refractivity contribution in [2.24, 2.45) is 0 Å². The van der Waals surface area contributed by atoms with Crippen LogP contribution in [0.15, 0.2) is 24.3 Å². The molecule has 2 heterocycles. The van der Waals surface area contributed by atoms with Crippen LogP contribution in [0.3, 0.4) is 0 Å². The molecule has 0 radical (unpaired) electrons. The number of likely N-dealkylation sites (tertiary alicyclic amines) is 1. The minimum absolute atomic E-state index is 0.0818. The Labute approximate surface area is 126 Å². The van der Waals surface area contributed by atoms with Gasteiger partial charge in [-0.3, -0.25) is 9.69 Å². The van der Waals surface area contributed by atoms with Gasteiger partial charge in [0.15, 0.2) is 0 Å². The Morgan fingerprint density at radius 1 is 1.33 bits per heavy atom. The van der Waals surface area contributed by atoms with Gasteiger partial charge in [-0.05, 0) is 69.9 Å². The number of amides is 1. The van der Waals surface area contributed by atoms with Crippen LogP contribution < -0.4 is 10.6 Å². The maximum atomic E-state index is 12.4. The fraction of sp³-hybridized carbons (Fsp3) is 0.588. The molecule has 0 aliphatic carbocycles. The number of carbonyl (C=O) groups is 1. The molecule has 2 saturated heterocycles. The second-order valence-corrected chi connectivity index (χ2v) is 6.50. The smallest absolute Gasteiger partial charge is 0.244 e. The molecule has 114 valence electrons. The quantitative estimate of drug-likeness (QED) is 0.893. The molecular weight excluding hydrogens is 262 g/mol. The first kappa shape index (κ1) is 14.5. The monoisotopic (exact) mass is 287 g/mol. The highest BCUT2D eigenvalue weighted by Gasteiger charge is 2.35. The molecule has 4 nitrogen and oxygen atoms in total. The number of benzene rings is 1. The van der Waals surface area contributed by atoms with Gasteiger partial charge in [-0.1, -0.05) is 12.1 Å². The fourth-order valence-corrected chi connectivity index (χ4v) is 3.30. The van der Waals surface area contributed by atoms with E-state index in [9.17, 15) is 4.79 Å². The number of anilines is 1. The third-order valence-electron chi connectivity index (χ3n) is 4.66. The molecule has 0 aromatic heterocycles. The molecule has 3 rings (SSSR count). The predicted molar refractivity (Wildman–Crippen MR) is 85.2 cm³/mol. The molecule has 4 heteroatoms. The summed E-state index contributed by atoms with van der Waals surface area (Å²) in [5.74, 6) is 0.0818. The highest BCUT2D eigenvalue weighted by Crippen LogP contribution is 2.22. The Kier molecular flexibility index (Phi) is 4.27. The highest BCUT2D eigenvalue weighted by molar-refractivity contribution is 5.98. The summed E-state index contributed by atoms with van der Waals surface area (Å²) in [4.78, 5) is 14.9. The van der Waals surface area contributed by atoms with E-state index in [0.717, 1.165) is 31.6 Å². The van der Waals surface area contributed by atoms with Gasteiger partial charge in [-0.25, -0.2) is 0 Å². The van der Waals surface area contributed by atoms with Gasteiger partial charge in [-0.15, -0.1) is 0 Å². The molecule has 21 heavy (non-hydrogen) atoms. The first-order valence-electron chi connectivity index (χ1n) is 8.03. The van der Waals surface area contributed by atoms with Crippen LogP contribution in [0.25, 0.3) is 0 Å². The van der Waals surface area contributed by atoms with E-state index < -0.39 is 5.54 Å². The number of rotatable bonds is 4. The molecule has 2 aliphatic rings. The van der Waals surface area contributed by atoms with Gasteiger partial charge in [0.2, 0.25) is 5.91 Å². The van der Waals surface area contributed by atoms with Crippen molar-refractivity contribution in [2.45, 2.75) is 44.7 Å². The summed E-state index contributed by atoms with van der Waals surface area (Å²) in [5, 5.41) is 6.38. The molecule has 0 spiro atoms. The van der Waals surface area contributed by atoms with Gasteiger partial charge >= 0.3 is 0 Å². The molecular formula is C17H25N3O. The van der Waals surface area contributed by atoms with Gasteiger partial charge in [0.05, 0.1) is 5.54 Å². The van der Waals surface area contributed by atoms with E-state index in [0.29, 0.717) is 0 Å². The normalized spacial score (nSPS) is 26.1. The van der Waals surface area contributed by atoms with Crippen LogP contribution in [-0.4, -0.2) is 36.0 Å². The first-order chi connectivity index (χ1) is 10.2. The Morgan fingerprint density at radius 3 is 2.86 bits per heavy atom. The predicted octanol–water partition coefficient (Wildman–Crippen LogP) is 2.36. The average Bonchev–Trinajstić information content (AvgIpc) is 3.12. The summed E-state index contributed by atoms with van der Waals surface area (Å²) in [6.45, 7) is 6.29. The van der Waals surface area contributed by atoms with E-state index in [1.807, 2.05) is 19.1 Å². The second-order valence-electron chi connectivity index (χ2n) is 6.50. The van der Waals surface area contributed by atoms with E-state index in [1.165, 1.54) is 31.5 Å². The summed E-state index contributed by atoms with van der Waals surface area (Å²) >= 11 is 0. The van der Waals surface area contributed by atoms with E-state index in [1.54, 1.807) is 0 Å². The van der Waals surface area contributed by atoms with Crippen molar-refractivity contribution >= 4 is 11.6 Å². The van der Waals surface area contributed by atoms with Gasteiger partial charge < -0.3 is 10.6 Å². The lowest BCUT2D eigenvalue weighted by Gasteiger charge is -2.23. The van der Waals surface area contributed by atoms with Crippen LogP contribution in [0.2, 0.25) is 0 Å². The summed E-state index contributed by atoms with van der Waals surface area (Å²) in [6, 6.07) is 8.26. The first-order valence-corrected chi connectivity index (χ1v) is 8.03. The lowest BCUT2D eigenvalue weighted by Crippen LogP contribution is -2.47. The van der Waals surface area contributed by atoms with Crippen LogP contribution in [-0.2, 0) is 11.3 Å². The van der Waals surface area contributed by atoms with Gasteiger partial charge in [-0.2, -0.15) is 0 Å². The Morgan fingerprint density at radius 2 is 2.14 bits per heavy atom. The SMILES string of the molecule is CC1(C(=O)Nc2cccc(CN3CCCC3)c2)CCCN1. The third kappa shape index (κ3) is 3.44. The van der Waals surface area contributed by atoms with Crippen LogP contribution in [0.1, 0.15) is 38.2 Å². The summed E-state index contributed by atoms with van der Waals surface area (Å²) in [6.07, 6.45) is 4.59. The van der Waals surface area contributed by atoms with Crippen molar-refractivity contribution in [2.75, 3.05) is 25.0 Å². The molecule has 2 N–H and O–H groups in total. The standard InChI is InChI=1S/C17H25N3O/c1-17(8-5-9-18-17)16(21)19-15-7-4-6-14(12-15)13-20-10-2-3-11-20/h4,6-7,12,18H,2-3,5,8-11,13H2,1H3,(H,19,21). The third-order valence-corrected chi connectivity index (χ3v) is 4.66. The lowest BCUT2D eigenvalue weighted by atomic mass is 9.99. The molecule has 2 aliphatic heterocycles. The number of nitrogens with one attached hydrogen (secondary N) is 2. The molecule has 1 aromatic rings. The van der Waals surface area contributed by atoms with Crippen molar-refractivity contribution in [3.63, 3.8) is 0 Å². The van der Waals surface area contributed by atoms with Crippen LogP contribution >= 0.6 is 0 Å². The number of hydrogen-bond acceptors (Lipinski definition) is 3. The zero-order valence-corrected chi connectivity index (χ0v) is 12.8. The van der Waals surface area contributed by atoms with Crippen LogP contribution in [0.4, 0.5) is 5.69 Å². The van der Waals surface area contributed by atoms with Gasteiger partial charge in [0.25, 0.3) is 0 Å². The Bertz CT molecular complexity index is 503. The van der Waals surface area contributed by atoms with Crippen molar-refractivity contribution in [1.29, 1.82) is 0 Å². The zero-order valence-electron chi connectivity index (χ0n) is 12.8. The zero-order chi connectivity index (χ0) is 14.7. The van der Waals surface area contributed by atoms with Crippen molar-refractivity contribution in [1.82, 2.24) is 10.2 Å². The number of hydrogen-bond donors (Lipinski definition) is 2. The van der Waals surface area contributed by atoms with Gasteiger partial charge in [0, 0.05) is 12.2 Å². The minimum atomic E-state index is -0.412. The number of carbonyl (C=O) groups excluding carboxylic acids is 1. The largest absolute Gasteiger partial charge is 0.324 e. The lowest BCUT2D eigenvalue weighted by molar-refractivity contribution is -0.121. The Balaban J connectivity index is 1.63. The molecule has 2 fully saturated rings. The highest BCUT2D eigenvalue weighted by atomic mass is 16.2. The van der Waals surface area contributed by atoms with Crippen molar-refractivity contribution < 1.29 is 4.79 Å². The van der Waals surface area contributed by atoms with E-state index >= 15 is 0 Å². The van der Waals surface area contributed by atoms with E-state index in [-0.39, 0.29) is 5.91 Å². The van der Waals surface area contributed by atoms with E-state index in [2.05, 4.69) is 27.7 Å². The molecule has 1 aromatic carbocycles. The molecule has 0 saturated carbocycles. The van der Waals surface area contributed by atoms with Gasteiger partial charge in [0.1, 0.15) is 0 Å². The van der Waals surface area contributed by atoms with Crippen molar-refractivity contribution in [3.8, 4) is 0 Å². The van der Waals surface area contributed by atoms with Crippen LogP contribution in [0, 0.1) is 0 Å². The van der Waals surface area contributed by atoms with Crippen molar-refractivity contribution in [3.05, 3.63) is 29.8 Å². The second kappa shape index (κ2) is 6.16. The number of nitrogens with zero attached hydrogens (tertiary/aromatic N) is 1. The fourth-order valence-electron chi connectivity index (χ4n) is 3.30. The molecule has 1 unspecified atom stereocenters. The maximum absolute atomic E-state index is 12.4. The summed E-state index contributed by atoms with van der Waals surface area (Å²) in [5.41, 5.74) is 1.77. The molecule has 0 bridgehead atoms. The molecule has 1 atom stereocenters. The topological polar surface area (TPSA) is 44.4 Å². The summed E-state index contributed by atoms with van der Waals surface area (Å²) < 4.78 is 0.